The van der Waals surface area contributed by atoms with Crippen molar-refractivity contribution < 1.29 is 5.11 Å². The Morgan fingerprint density at radius 2 is 2.41 bits per heavy atom. The van der Waals surface area contributed by atoms with Gasteiger partial charge in [0, 0.05) is 6.20 Å². The zero-order valence-electron chi connectivity index (χ0n) is 9.48. The Labute approximate surface area is 103 Å². The molecule has 2 aromatic rings. The van der Waals surface area contributed by atoms with Crippen LogP contribution in [-0.4, -0.2) is 26.2 Å². The van der Waals surface area contributed by atoms with Crippen molar-refractivity contribution in [1.82, 2.24) is 14.5 Å². The van der Waals surface area contributed by atoms with Gasteiger partial charge in [-0.15, -0.1) is 0 Å². The predicted molar refractivity (Wildman–Crippen MR) is 66.4 cm³/mol. The number of H-pyrrole nitrogens is 1. The zero-order valence-corrected chi connectivity index (χ0v) is 10.2. The molecule has 2 N–H and O–H groups in total. The Morgan fingerprint density at radius 3 is 3.06 bits per heavy atom. The van der Waals surface area contributed by atoms with E-state index in [4.69, 9.17) is 11.6 Å². The van der Waals surface area contributed by atoms with Crippen molar-refractivity contribution in [2.45, 2.75) is 25.8 Å². The van der Waals surface area contributed by atoms with Gasteiger partial charge in [-0.25, -0.2) is 9.78 Å². The Balaban J connectivity index is 2.62. The number of hydrogen-bond donors (Lipinski definition) is 2. The molecule has 92 valence electrons. The molecule has 0 aromatic carbocycles. The van der Waals surface area contributed by atoms with Crippen LogP contribution in [0, 0.1) is 0 Å². The fourth-order valence-electron chi connectivity index (χ4n) is 1.98. The Bertz CT molecular complexity index is 576. The summed E-state index contributed by atoms with van der Waals surface area (Å²) in [5, 5.41) is 9.83. The third-order valence-electron chi connectivity index (χ3n) is 2.74. The van der Waals surface area contributed by atoms with E-state index in [1.165, 1.54) is 10.8 Å². The summed E-state index contributed by atoms with van der Waals surface area (Å²) in [6, 6.07) is 1.45. The maximum atomic E-state index is 11.8. The van der Waals surface area contributed by atoms with Crippen LogP contribution >= 0.6 is 11.6 Å². The lowest BCUT2D eigenvalue weighted by molar-refractivity contribution is 0.220. The first-order valence-corrected chi connectivity index (χ1v) is 5.91. The first-order chi connectivity index (χ1) is 8.17. The first kappa shape index (κ1) is 12.1. The number of rotatable bonds is 4. The Morgan fingerprint density at radius 1 is 1.65 bits per heavy atom. The average molecular weight is 256 g/mol. The van der Waals surface area contributed by atoms with Crippen LogP contribution in [0.25, 0.3) is 11.2 Å². The average Bonchev–Trinajstić information content (AvgIpc) is 2.62. The summed E-state index contributed by atoms with van der Waals surface area (Å²) in [5.41, 5.74) is 0.867. The normalized spacial score (nSPS) is 13.1. The smallest absolute Gasteiger partial charge is 0.328 e. The summed E-state index contributed by atoms with van der Waals surface area (Å²) in [6.07, 6.45) is 3.10. The highest BCUT2D eigenvalue weighted by atomic mass is 35.5. The van der Waals surface area contributed by atoms with E-state index in [0.29, 0.717) is 16.2 Å². The van der Waals surface area contributed by atoms with Crippen LogP contribution < -0.4 is 5.69 Å². The van der Waals surface area contributed by atoms with Crippen molar-refractivity contribution in [3.05, 3.63) is 27.8 Å². The lowest BCUT2D eigenvalue weighted by Crippen LogP contribution is -2.24. The van der Waals surface area contributed by atoms with Crippen LogP contribution in [0.1, 0.15) is 25.8 Å². The minimum Gasteiger partial charge on any atom is -0.394 e. The number of imidazole rings is 1. The Kier molecular flexibility index (Phi) is 3.49. The molecule has 0 bridgehead atoms. The quantitative estimate of drug-likeness (QED) is 0.874. The van der Waals surface area contributed by atoms with Gasteiger partial charge < -0.3 is 5.11 Å². The lowest BCUT2D eigenvalue weighted by Gasteiger charge is -2.14. The molecule has 2 heterocycles. The molecule has 0 unspecified atom stereocenters. The molecule has 0 aliphatic heterocycles. The molecule has 17 heavy (non-hydrogen) atoms. The van der Waals surface area contributed by atoms with Gasteiger partial charge in [0.1, 0.15) is 0 Å². The van der Waals surface area contributed by atoms with Gasteiger partial charge in [-0.1, -0.05) is 24.9 Å². The van der Waals surface area contributed by atoms with E-state index in [-0.39, 0.29) is 18.3 Å². The standard InChI is InChI=1S/C11H14ClN3O2/c1-2-3-8(6-16)15-9-4-7(12)5-13-10(9)14-11(15)17/h4-5,8,16H,2-3,6H2,1H3,(H,13,14,17)/t8-/m0/s1. The van der Waals surface area contributed by atoms with Gasteiger partial charge in [0.25, 0.3) is 0 Å². The number of aromatic nitrogens is 3. The van der Waals surface area contributed by atoms with E-state index in [1.807, 2.05) is 6.92 Å². The first-order valence-electron chi connectivity index (χ1n) is 5.54. The number of nitrogens with zero attached hydrogens (tertiary/aromatic N) is 2. The summed E-state index contributed by atoms with van der Waals surface area (Å²) in [6.45, 7) is 1.93. The molecule has 2 rings (SSSR count). The molecule has 0 spiro atoms. The molecule has 6 heteroatoms. The molecule has 5 nitrogen and oxygen atoms in total. The number of aliphatic hydroxyl groups excluding tert-OH is 1. The van der Waals surface area contributed by atoms with Crippen LogP contribution in [0.15, 0.2) is 17.1 Å². The van der Waals surface area contributed by atoms with Gasteiger partial charge in [0.2, 0.25) is 0 Å². The van der Waals surface area contributed by atoms with E-state index >= 15 is 0 Å². The summed E-state index contributed by atoms with van der Waals surface area (Å²) >= 11 is 5.87. The van der Waals surface area contributed by atoms with Gasteiger partial charge in [-0.2, -0.15) is 0 Å². The van der Waals surface area contributed by atoms with E-state index in [9.17, 15) is 9.90 Å². The van der Waals surface area contributed by atoms with Gasteiger partial charge in [-0.3, -0.25) is 9.55 Å². The number of pyridine rings is 1. The van der Waals surface area contributed by atoms with Gasteiger partial charge >= 0.3 is 5.69 Å². The van der Waals surface area contributed by atoms with Crippen molar-refractivity contribution in [3.63, 3.8) is 0 Å². The van der Waals surface area contributed by atoms with Crippen molar-refractivity contribution in [2.24, 2.45) is 0 Å². The number of halogens is 1. The number of fused-ring (bicyclic) bond motifs is 1. The molecule has 0 saturated carbocycles. The van der Waals surface area contributed by atoms with Crippen molar-refractivity contribution in [2.75, 3.05) is 6.61 Å². The highest BCUT2D eigenvalue weighted by molar-refractivity contribution is 6.31. The van der Waals surface area contributed by atoms with Gasteiger partial charge in [0.05, 0.1) is 23.2 Å². The highest BCUT2D eigenvalue weighted by Gasteiger charge is 2.16. The SMILES string of the molecule is CCC[C@@H](CO)n1c(=O)[nH]c2ncc(Cl)cc21. The molecule has 1 atom stereocenters. The molecule has 0 aliphatic carbocycles. The molecule has 2 aromatic heterocycles. The topological polar surface area (TPSA) is 70.9 Å². The predicted octanol–water partition coefficient (Wildman–Crippen LogP) is 1.71. The second kappa shape index (κ2) is 4.89. The molecular weight excluding hydrogens is 242 g/mol. The fraction of sp³-hybridized carbons (Fsp3) is 0.455. The van der Waals surface area contributed by atoms with E-state index in [1.54, 1.807) is 6.07 Å². The molecule has 0 aliphatic rings. The highest BCUT2D eigenvalue weighted by Crippen LogP contribution is 2.19. The third-order valence-corrected chi connectivity index (χ3v) is 2.94. The summed E-state index contributed by atoms with van der Waals surface area (Å²) in [4.78, 5) is 18.5. The minimum atomic E-state index is -0.262. The maximum absolute atomic E-state index is 11.8. The second-order valence-corrected chi connectivity index (χ2v) is 4.38. The van der Waals surface area contributed by atoms with E-state index in [2.05, 4.69) is 9.97 Å². The van der Waals surface area contributed by atoms with Crippen molar-refractivity contribution in [3.8, 4) is 0 Å². The fourth-order valence-corrected chi connectivity index (χ4v) is 2.13. The Hall–Kier alpha value is -1.33. The zero-order chi connectivity index (χ0) is 12.4. The monoisotopic (exact) mass is 255 g/mol. The van der Waals surface area contributed by atoms with Gasteiger partial charge in [-0.05, 0) is 12.5 Å². The molecule has 0 saturated heterocycles. The molecule has 0 amide bonds. The molecular formula is C11H14ClN3O2. The van der Waals surface area contributed by atoms with Crippen LogP contribution in [0.3, 0.4) is 0 Å². The van der Waals surface area contributed by atoms with Crippen molar-refractivity contribution >= 4 is 22.8 Å². The lowest BCUT2D eigenvalue weighted by atomic mass is 10.2. The summed E-state index contributed by atoms with van der Waals surface area (Å²) < 4.78 is 1.53. The third kappa shape index (κ3) is 2.21. The number of nitrogens with one attached hydrogen (secondary N) is 1. The second-order valence-electron chi connectivity index (χ2n) is 3.95. The molecule has 0 fully saturated rings. The summed E-state index contributed by atoms with van der Waals surface area (Å²) in [7, 11) is 0. The number of hydrogen-bond acceptors (Lipinski definition) is 3. The largest absolute Gasteiger partial charge is 0.394 e. The van der Waals surface area contributed by atoms with E-state index < -0.39 is 0 Å². The number of aromatic amines is 1. The molecule has 0 radical (unpaired) electrons. The van der Waals surface area contributed by atoms with E-state index in [0.717, 1.165) is 12.8 Å². The van der Waals surface area contributed by atoms with Crippen LogP contribution in [0.2, 0.25) is 5.02 Å². The number of aliphatic hydroxyl groups is 1. The van der Waals surface area contributed by atoms with Crippen LogP contribution in [0.5, 0.6) is 0 Å². The van der Waals surface area contributed by atoms with Crippen molar-refractivity contribution in [1.29, 1.82) is 0 Å². The van der Waals surface area contributed by atoms with Crippen LogP contribution in [0.4, 0.5) is 0 Å². The van der Waals surface area contributed by atoms with Gasteiger partial charge in [0.15, 0.2) is 5.65 Å². The minimum absolute atomic E-state index is 0.0762. The van der Waals surface area contributed by atoms with Crippen LogP contribution in [-0.2, 0) is 0 Å². The summed E-state index contributed by atoms with van der Waals surface area (Å²) in [5.74, 6) is 0. The maximum Gasteiger partial charge on any atom is 0.328 e.